The summed E-state index contributed by atoms with van der Waals surface area (Å²) >= 11 is 0. The maximum atomic E-state index is 12.9. The molecule has 1 aliphatic heterocycles. The summed E-state index contributed by atoms with van der Waals surface area (Å²) in [4.78, 5) is 14.3. The molecule has 2 N–H and O–H groups in total. The first kappa shape index (κ1) is 21.1. The molecular formula is C20H30N2O5S. The third-order valence-corrected chi connectivity index (χ3v) is 7.05. The molecule has 2 fully saturated rings. The van der Waals surface area contributed by atoms with E-state index in [1.54, 1.807) is 29.2 Å². The smallest absolute Gasteiger partial charge is 0.410 e. The number of ether oxygens (including phenoxy) is 1. The fourth-order valence-electron chi connectivity index (χ4n) is 4.25. The second-order valence-corrected chi connectivity index (χ2v) is 10.7. The highest BCUT2D eigenvalue weighted by Gasteiger charge is 2.50. The summed E-state index contributed by atoms with van der Waals surface area (Å²) in [5.41, 5.74) is 0.409. The van der Waals surface area contributed by atoms with Crippen LogP contribution < -0.4 is 4.72 Å². The number of likely N-dealkylation sites (tertiary alicyclic amines) is 1. The Morgan fingerprint density at radius 2 is 1.89 bits per heavy atom. The Labute approximate surface area is 167 Å². The van der Waals surface area contributed by atoms with Crippen LogP contribution in [0.2, 0.25) is 0 Å². The molecule has 1 heterocycles. The Hall–Kier alpha value is -1.64. The van der Waals surface area contributed by atoms with Gasteiger partial charge in [-0.3, -0.25) is 0 Å². The van der Waals surface area contributed by atoms with E-state index in [2.05, 4.69) is 4.72 Å². The Morgan fingerprint density at radius 1 is 1.25 bits per heavy atom. The van der Waals surface area contributed by atoms with Crippen LogP contribution >= 0.6 is 0 Å². The number of amides is 1. The molecule has 1 aromatic carbocycles. The number of sulfonamides is 1. The fraction of sp³-hybridized carbons (Fsp3) is 0.650. The van der Waals surface area contributed by atoms with E-state index in [0.29, 0.717) is 19.5 Å². The second-order valence-electron chi connectivity index (χ2n) is 8.95. The lowest BCUT2D eigenvalue weighted by Gasteiger charge is -2.27. The van der Waals surface area contributed by atoms with Crippen LogP contribution in [0.4, 0.5) is 4.79 Å². The lowest BCUT2D eigenvalue weighted by atomic mass is 9.97. The minimum Gasteiger partial charge on any atom is -0.444 e. The third kappa shape index (κ3) is 4.50. The van der Waals surface area contributed by atoms with Gasteiger partial charge in [-0.1, -0.05) is 17.7 Å². The fourth-order valence-corrected chi connectivity index (χ4v) is 5.61. The number of carbonyl (C=O) groups is 1. The van der Waals surface area contributed by atoms with Gasteiger partial charge in [0, 0.05) is 25.7 Å². The van der Waals surface area contributed by atoms with E-state index in [1.165, 1.54) is 0 Å². The van der Waals surface area contributed by atoms with Crippen LogP contribution in [0.25, 0.3) is 0 Å². The number of hydrogen-bond donors (Lipinski definition) is 2. The summed E-state index contributed by atoms with van der Waals surface area (Å²) in [6.45, 7) is 8.24. The first-order chi connectivity index (χ1) is 13.0. The zero-order valence-electron chi connectivity index (χ0n) is 16.9. The molecule has 28 heavy (non-hydrogen) atoms. The van der Waals surface area contributed by atoms with Crippen molar-refractivity contribution in [3.05, 3.63) is 29.8 Å². The summed E-state index contributed by atoms with van der Waals surface area (Å²) < 4.78 is 34.0. The van der Waals surface area contributed by atoms with Gasteiger partial charge in [0.05, 0.1) is 4.90 Å². The van der Waals surface area contributed by atoms with Crippen molar-refractivity contribution < 1.29 is 23.1 Å². The van der Waals surface area contributed by atoms with Crippen molar-refractivity contribution in [3.8, 4) is 0 Å². The van der Waals surface area contributed by atoms with Crippen LogP contribution in [-0.4, -0.2) is 55.9 Å². The van der Waals surface area contributed by atoms with Gasteiger partial charge < -0.3 is 14.7 Å². The Bertz CT molecular complexity index is 816. The normalized spacial score (nSPS) is 27.7. The maximum Gasteiger partial charge on any atom is 0.410 e. The van der Waals surface area contributed by atoms with Crippen LogP contribution in [0.3, 0.4) is 0 Å². The highest BCUT2D eigenvalue weighted by atomic mass is 32.2. The Balaban J connectivity index is 1.75. The number of aliphatic hydroxyl groups excluding tert-OH is 1. The molecule has 4 atom stereocenters. The lowest BCUT2D eigenvalue weighted by molar-refractivity contribution is 0.0273. The SMILES string of the molecule is Cc1ccc(S(=O)(=O)N[C@@H]2[C@H](CO)C[C@H]3CN(C(=O)OC(C)(C)C)C[C@H]32)cc1. The highest BCUT2D eigenvalue weighted by molar-refractivity contribution is 7.89. The first-order valence-corrected chi connectivity index (χ1v) is 11.2. The van der Waals surface area contributed by atoms with Gasteiger partial charge in [-0.2, -0.15) is 0 Å². The molecule has 0 aromatic heterocycles. The molecule has 1 aliphatic carbocycles. The molecule has 2 aliphatic rings. The van der Waals surface area contributed by atoms with Crippen LogP contribution in [0, 0.1) is 24.7 Å². The van der Waals surface area contributed by atoms with Crippen LogP contribution in [0.15, 0.2) is 29.2 Å². The quantitative estimate of drug-likeness (QED) is 0.793. The van der Waals surface area contributed by atoms with Gasteiger partial charge in [-0.25, -0.2) is 17.9 Å². The van der Waals surface area contributed by atoms with Crippen LogP contribution in [0.5, 0.6) is 0 Å². The molecule has 1 aromatic rings. The minimum atomic E-state index is -3.70. The number of fused-ring (bicyclic) bond motifs is 1. The maximum absolute atomic E-state index is 12.9. The van der Waals surface area contributed by atoms with E-state index in [-0.39, 0.29) is 35.3 Å². The molecule has 0 spiro atoms. The topological polar surface area (TPSA) is 95.9 Å². The van der Waals surface area contributed by atoms with Gasteiger partial charge in [0.1, 0.15) is 5.60 Å². The van der Waals surface area contributed by atoms with Crippen molar-refractivity contribution in [2.45, 2.75) is 50.7 Å². The zero-order chi connectivity index (χ0) is 20.7. The monoisotopic (exact) mass is 410 g/mol. The number of hydrogen-bond acceptors (Lipinski definition) is 5. The molecule has 7 nitrogen and oxygen atoms in total. The summed E-state index contributed by atoms with van der Waals surface area (Å²) in [5, 5.41) is 9.78. The van der Waals surface area contributed by atoms with Crippen molar-refractivity contribution in [2.75, 3.05) is 19.7 Å². The summed E-state index contributed by atoms with van der Waals surface area (Å²) in [6.07, 6.45) is 0.309. The third-order valence-electron chi connectivity index (χ3n) is 5.57. The van der Waals surface area contributed by atoms with Crippen molar-refractivity contribution in [3.63, 3.8) is 0 Å². The predicted molar refractivity (Wildman–Crippen MR) is 105 cm³/mol. The van der Waals surface area contributed by atoms with Gasteiger partial charge in [0.15, 0.2) is 0 Å². The van der Waals surface area contributed by atoms with E-state index in [1.807, 2.05) is 27.7 Å². The number of aryl methyl sites for hydroxylation is 1. The van der Waals surface area contributed by atoms with Crippen molar-refractivity contribution in [1.82, 2.24) is 9.62 Å². The molecule has 8 heteroatoms. The zero-order valence-corrected chi connectivity index (χ0v) is 17.7. The standard InChI is InChI=1S/C20H30N2O5S/c1-13-5-7-16(8-6-13)28(25,26)21-18-15(12-23)9-14-10-22(11-17(14)18)19(24)27-20(2,3)4/h5-8,14-15,17-18,21,23H,9-12H2,1-4H3/t14-,15-,17+,18+/m0/s1. The van der Waals surface area contributed by atoms with Gasteiger partial charge in [0.2, 0.25) is 10.0 Å². The molecule has 0 radical (unpaired) electrons. The van der Waals surface area contributed by atoms with Crippen molar-refractivity contribution in [2.24, 2.45) is 17.8 Å². The van der Waals surface area contributed by atoms with Gasteiger partial charge in [0.25, 0.3) is 0 Å². The van der Waals surface area contributed by atoms with E-state index < -0.39 is 21.7 Å². The van der Waals surface area contributed by atoms with Crippen LogP contribution in [-0.2, 0) is 14.8 Å². The van der Waals surface area contributed by atoms with E-state index in [0.717, 1.165) is 5.56 Å². The number of aliphatic hydroxyl groups is 1. The molecule has 0 bridgehead atoms. The molecule has 1 saturated carbocycles. The van der Waals surface area contributed by atoms with Gasteiger partial charge in [-0.05, 0) is 64.0 Å². The molecule has 1 amide bonds. The number of rotatable bonds is 4. The summed E-state index contributed by atoms with van der Waals surface area (Å²) in [5.74, 6) is -0.0451. The molecule has 156 valence electrons. The van der Waals surface area contributed by atoms with Gasteiger partial charge >= 0.3 is 6.09 Å². The summed E-state index contributed by atoms with van der Waals surface area (Å²) in [6, 6.07) is 6.28. The molecule has 3 rings (SSSR count). The second kappa shape index (κ2) is 7.65. The average Bonchev–Trinajstić information content (AvgIpc) is 3.13. The molecular weight excluding hydrogens is 380 g/mol. The number of nitrogens with one attached hydrogen (secondary N) is 1. The number of benzene rings is 1. The Morgan fingerprint density at radius 3 is 2.46 bits per heavy atom. The number of nitrogens with zero attached hydrogens (tertiary/aromatic N) is 1. The van der Waals surface area contributed by atoms with Crippen LogP contribution in [0.1, 0.15) is 32.8 Å². The predicted octanol–water partition coefficient (Wildman–Crippen LogP) is 2.14. The van der Waals surface area contributed by atoms with E-state index in [4.69, 9.17) is 4.74 Å². The van der Waals surface area contributed by atoms with Crippen molar-refractivity contribution in [1.29, 1.82) is 0 Å². The summed E-state index contributed by atoms with van der Waals surface area (Å²) in [7, 11) is -3.70. The minimum absolute atomic E-state index is 0.0371. The van der Waals surface area contributed by atoms with Gasteiger partial charge in [-0.15, -0.1) is 0 Å². The van der Waals surface area contributed by atoms with Crippen molar-refractivity contribution >= 4 is 16.1 Å². The van der Waals surface area contributed by atoms with E-state index in [9.17, 15) is 18.3 Å². The molecule has 0 unspecified atom stereocenters. The largest absolute Gasteiger partial charge is 0.444 e. The average molecular weight is 411 g/mol. The first-order valence-electron chi connectivity index (χ1n) is 9.68. The molecule has 1 saturated heterocycles. The van der Waals surface area contributed by atoms with E-state index >= 15 is 0 Å². The Kier molecular flexibility index (Phi) is 5.76. The highest BCUT2D eigenvalue weighted by Crippen LogP contribution is 2.42. The number of carbonyl (C=O) groups excluding carboxylic acids is 1. The lowest BCUT2D eigenvalue weighted by Crippen LogP contribution is -2.45.